The predicted octanol–water partition coefficient (Wildman–Crippen LogP) is 4.92. The molecule has 5 rings (SSSR count). The van der Waals surface area contributed by atoms with Crippen LogP contribution in [0.25, 0.3) is 22.0 Å². The van der Waals surface area contributed by atoms with E-state index >= 15 is 8.78 Å². The van der Waals surface area contributed by atoms with Gasteiger partial charge in [-0.25, -0.2) is 8.78 Å². The third kappa shape index (κ3) is 3.27. The molecule has 168 valence electrons. The topological polar surface area (TPSA) is 80.1 Å². The molecule has 3 aromatic carbocycles. The fraction of sp³-hybridized carbons (Fsp3) is 0.160. The molecular weight excluding hydrogens is 448 g/mol. The number of nitrogens with two attached hydrogens (primary N) is 1. The summed E-state index contributed by atoms with van der Waals surface area (Å²) in [5.41, 5.74) is 6.37. The van der Waals surface area contributed by atoms with Crippen molar-refractivity contribution in [3.05, 3.63) is 88.1 Å². The van der Waals surface area contributed by atoms with Crippen molar-refractivity contribution >= 4 is 28.4 Å². The highest BCUT2D eigenvalue weighted by Gasteiger charge is 2.43. The molecule has 5 nitrogen and oxygen atoms in total. The van der Waals surface area contributed by atoms with Gasteiger partial charge in [-0.15, -0.1) is 0 Å². The Morgan fingerprint density at radius 1 is 1.21 bits per heavy atom. The largest absolute Gasteiger partial charge is 0.480 e. The number of primary amides is 1. The molecule has 1 atom stereocenters. The number of H-pyrrole nitrogens is 1. The van der Waals surface area contributed by atoms with Crippen molar-refractivity contribution in [1.82, 2.24) is 10.3 Å². The zero-order valence-electron chi connectivity index (χ0n) is 17.6. The van der Waals surface area contributed by atoms with Gasteiger partial charge in [-0.1, -0.05) is 41.9 Å². The van der Waals surface area contributed by atoms with E-state index in [4.69, 9.17) is 22.1 Å². The molecule has 4 N–H and O–H groups in total. The van der Waals surface area contributed by atoms with Crippen molar-refractivity contribution < 1.29 is 18.3 Å². The van der Waals surface area contributed by atoms with Crippen LogP contribution < -0.4 is 15.8 Å². The number of aromatic nitrogens is 1. The van der Waals surface area contributed by atoms with Gasteiger partial charge in [0.1, 0.15) is 17.4 Å². The maximum atomic E-state index is 15.8. The summed E-state index contributed by atoms with van der Waals surface area (Å²) in [6.45, 7) is 0.409. The lowest BCUT2D eigenvalue weighted by Crippen LogP contribution is -2.41. The minimum absolute atomic E-state index is 0.0787. The predicted molar refractivity (Wildman–Crippen MR) is 124 cm³/mol. The van der Waals surface area contributed by atoms with Crippen molar-refractivity contribution in [2.75, 3.05) is 13.6 Å². The van der Waals surface area contributed by atoms with E-state index in [0.717, 1.165) is 5.56 Å². The Kier molecular flexibility index (Phi) is 5.11. The van der Waals surface area contributed by atoms with E-state index in [1.807, 2.05) is 30.3 Å². The standard InChI is InChI=1S/C25H20ClF2N3O2/c1-30-12-25(13-5-3-2-4-6-13)11-16-19(33-25)10-17(27)22(26)20(16)21-15(24(29)32)9-18-14(23(21)28)7-8-31-18/h2-10,30-31H,11-12H2,1H3,(H2,29,32)/t25-/m1/s1. The van der Waals surface area contributed by atoms with Crippen LogP contribution in [0.3, 0.4) is 0 Å². The third-order valence-corrected chi connectivity index (χ3v) is 6.49. The molecule has 0 aliphatic carbocycles. The number of hydrogen-bond donors (Lipinski definition) is 3. The second kappa shape index (κ2) is 7.86. The van der Waals surface area contributed by atoms with Crippen LogP contribution in [-0.2, 0) is 12.0 Å². The van der Waals surface area contributed by atoms with Gasteiger partial charge in [-0.05, 0) is 24.7 Å². The lowest BCUT2D eigenvalue weighted by molar-refractivity contribution is 0.0940. The number of carbonyl (C=O) groups is 1. The Labute approximate surface area is 193 Å². The van der Waals surface area contributed by atoms with Gasteiger partial charge in [0.15, 0.2) is 5.60 Å². The molecular formula is C25H20ClF2N3O2. The summed E-state index contributed by atoms with van der Waals surface area (Å²) in [4.78, 5) is 15.2. The molecule has 0 fully saturated rings. The molecule has 8 heteroatoms. The Bertz CT molecular complexity index is 1400. The lowest BCUT2D eigenvalue weighted by Gasteiger charge is -2.29. The Morgan fingerprint density at radius 2 is 1.97 bits per heavy atom. The summed E-state index contributed by atoms with van der Waals surface area (Å²) in [5, 5.41) is 3.08. The molecule has 1 aliphatic heterocycles. The smallest absolute Gasteiger partial charge is 0.249 e. The summed E-state index contributed by atoms with van der Waals surface area (Å²) in [6, 6.07) is 13.7. The molecule has 0 spiro atoms. The van der Waals surface area contributed by atoms with Gasteiger partial charge < -0.3 is 20.8 Å². The minimum atomic E-state index is -0.869. The van der Waals surface area contributed by atoms with Crippen LogP contribution in [0.4, 0.5) is 8.78 Å². The highest BCUT2D eigenvalue weighted by molar-refractivity contribution is 6.34. The van der Waals surface area contributed by atoms with Crippen molar-refractivity contribution in [1.29, 1.82) is 0 Å². The SMILES string of the molecule is CNC[C@@]1(c2ccccc2)Cc2c(cc(F)c(Cl)c2-c2c(C(N)=O)cc3[nH]ccc3c2F)O1. The Hall–Kier alpha value is -3.42. The number of amides is 1. The van der Waals surface area contributed by atoms with Crippen molar-refractivity contribution in [3.63, 3.8) is 0 Å². The molecule has 2 heterocycles. The highest BCUT2D eigenvalue weighted by atomic mass is 35.5. The molecule has 1 aliphatic rings. The molecule has 0 unspecified atom stereocenters. The van der Waals surface area contributed by atoms with Crippen molar-refractivity contribution in [3.8, 4) is 16.9 Å². The molecule has 1 amide bonds. The van der Waals surface area contributed by atoms with Gasteiger partial charge in [-0.3, -0.25) is 4.79 Å². The van der Waals surface area contributed by atoms with E-state index in [0.29, 0.717) is 17.6 Å². The molecule has 4 aromatic rings. The monoisotopic (exact) mass is 467 g/mol. The van der Waals surface area contributed by atoms with Crippen LogP contribution in [0.2, 0.25) is 5.02 Å². The number of likely N-dealkylation sites (N-methyl/N-ethyl adjacent to an activating group) is 1. The first-order valence-electron chi connectivity index (χ1n) is 10.4. The van der Waals surface area contributed by atoms with Crippen LogP contribution in [0, 0.1) is 11.6 Å². The molecule has 0 radical (unpaired) electrons. The number of hydrogen-bond acceptors (Lipinski definition) is 3. The van der Waals surface area contributed by atoms with Crippen LogP contribution in [0.15, 0.2) is 54.7 Å². The zero-order valence-corrected chi connectivity index (χ0v) is 18.4. The van der Waals surface area contributed by atoms with Crippen LogP contribution in [0.1, 0.15) is 21.5 Å². The second-order valence-electron chi connectivity index (χ2n) is 8.11. The van der Waals surface area contributed by atoms with Crippen LogP contribution in [-0.4, -0.2) is 24.5 Å². The Balaban J connectivity index is 1.80. The van der Waals surface area contributed by atoms with E-state index in [2.05, 4.69) is 10.3 Å². The fourth-order valence-electron chi connectivity index (χ4n) is 4.69. The van der Waals surface area contributed by atoms with E-state index in [1.165, 1.54) is 18.2 Å². The number of rotatable bonds is 5. The summed E-state index contributed by atoms with van der Waals surface area (Å²) >= 11 is 6.43. The first kappa shape index (κ1) is 21.4. The quantitative estimate of drug-likeness (QED) is 0.390. The first-order valence-corrected chi connectivity index (χ1v) is 10.7. The summed E-state index contributed by atoms with van der Waals surface area (Å²) < 4.78 is 37.1. The number of halogens is 3. The number of fused-ring (bicyclic) bond motifs is 2. The van der Waals surface area contributed by atoms with Gasteiger partial charge in [0, 0.05) is 52.8 Å². The molecule has 33 heavy (non-hydrogen) atoms. The normalized spacial score (nSPS) is 17.2. The summed E-state index contributed by atoms with van der Waals surface area (Å²) in [7, 11) is 1.79. The van der Waals surface area contributed by atoms with E-state index in [-0.39, 0.29) is 39.3 Å². The molecule has 0 bridgehead atoms. The molecule has 0 saturated carbocycles. The minimum Gasteiger partial charge on any atom is -0.480 e. The summed E-state index contributed by atoms with van der Waals surface area (Å²) in [5.74, 6) is -2.08. The Morgan fingerprint density at radius 3 is 2.67 bits per heavy atom. The van der Waals surface area contributed by atoms with E-state index < -0.39 is 23.1 Å². The van der Waals surface area contributed by atoms with Gasteiger partial charge in [-0.2, -0.15) is 0 Å². The van der Waals surface area contributed by atoms with Crippen LogP contribution >= 0.6 is 11.6 Å². The molecule has 0 saturated heterocycles. The van der Waals surface area contributed by atoms with Crippen LogP contribution in [0.5, 0.6) is 5.75 Å². The summed E-state index contributed by atoms with van der Waals surface area (Å²) in [6.07, 6.45) is 1.84. The zero-order chi connectivity index (χ0) is 23.3. The lowest BCUT2D eigenvalue weighted by atomic mass is 9.85. The highest BCUT2D eigenvalue weighted by Crippen LogP contribution is 2.50. The second-order valence-corrected chi connectivity index (χ2v) is 8.49. The van der Waals surface area contributed by atoms with Gasteiger partial charge >= 0.3 is 0 Å². The first-order chi connectivity index (χ1) is 15.9. The fourth-order valence-corrected chi connectivity index (χ4v) is 4.95. The van der Waals surface area contributed by atoms with Crippen molar-refractivity contribution in [2.24, 2.45) is 5.73 Å². The number of aromatic amines is 1. The van der Waals surface area contributed by atoms with E-state index in [1.54, 1.807) is 13.2 Å². The number of nitrogens with one attached hydrogen (secondary N) is 2. The average Bonchev–Trinajstić information content (AvgIpc) is 3.41. The number of benzene rings is 3. The van der Waals surface area contributed by atoms with Gasteiger partial charge in [0.2, 0.25) is 5.91 Å². The molecule has 1 aromatic heterocycles. The van der Waals surface area contributed by atoms with E-state index in [9.17, 15) is 4.79 Å². The van der Waals surface area contributed by atoms with Gasteiger partial charge in [0.25, 0.3) is 0 Å². The average molecular weight is 468 g/mol. The number of ether oxygens (including phenoxy) is 1. The maximum absolute atomic E-state index is 15.8. The van der Waals surface area contributed by atoms with Gasteiger partial charge in [0.05, 0.1) is 10.6 Å². The maximum Gasteiger partial charge on any atom is 0.249 e. The third-order valence-electron chi connectivity index (χ3n) is 6.12. The number of carbonyl (C=O) groups excluding carboxylic acids is 1. The van der Waals surface area contributed by atoms with Crippen molar-refractivity contribution in [2.45, 2.75) is 12.0 Å².